The minimum Gasteiger partial charge on any atom is -0.497 e. The van der Waals surface area contributed by atoms with Crippen molar-refractivity contribution >= 4 is 22.6 Å². The van der Waals surface area contributed by atoms with Crippen molar-refractivity contribution in [3.05, 3.63) is 70.0 Å². The third-order valence-corrected chi connectivity index (χ3v) is 5.29. The van der Waals surface area contributed by atoms with Crippen molar-refractivity contribution in [2.75, 3.05) is 38.2 Å². The number of nitrogens with one attached hydrogen (secondary N) is 1. The van der Waals surface area contributed by atoms with Crippen LogP contribution in [0, 0.1) is 0 Å². The first-order valence-corrected chi connectivity index (χ1v) is 9.56. The molecule has 0 saturated carbocycles. The second-order valence-corrected chi connectivity index (χ2v) is 7.09. The van der Waals surface area contributed by atoms with Gasteiger partial charge in [0.25, 0.3) is 0 Å². The monoisotopic (exact) mass is 393 g/mol. The van der Waals surface area contributed by atoms with Crippen molar-refractivity contribution in [3.63, 3.8) is 0 Å². The van der Waals surface area contributed by atoms with Crippen LogP contribution in [0.3, 0.4) is 0 Å². The van der Waals surface area contributed by atoms with E-state index in [9.17, 15) is 14.7 Å². The van der Waals surface area contributed by atoms with Crippen LogP contribution in [-0.4, -0.2) is 48.9 Å². The van der Waals surface area contributed by atoms with Gasteiger partial charge in [-0.15, -0.1) is 0 Å². The predicted octanol–water partition coefficient (Wildman–Crippen LogP) is 2.17. The molecule has 1 aliphatic heterocycles. The molecule has 3 aromatic rings. The van der Waals surface area contributed by atoms with Crippen molar-refractivity contribution in [3.8, 4) is 5.75 Å². The van der Waals surface area contributed by atoms with E-state index < -0.39 is 11.4 Å². The highest BCUT2D eigenvalue weighted by Gasteiger charge is 2.17. The Morgan fingerprint density at radius 2 is 1.86 bits per heavy atom. The Kier molecular flexibility index (Phi) is 5.22. The zero-order chi connectivity index (χ0) is 20.4. The van der Waals surface area contributed by atoms with Crippen molar-refractivity contribution in [2.45, 2.75) is 6.54 Å². The average molecular weight is 393 g/mol. The van der Waals surface area contributed by atoms with E-state index in [0.717, 1.165) is 48.7 Å². The first-order valence-electron chi connectivity index (χ1n) is 9.56. The number of aromatic carboxylic acids is 1. The molecule has 7 heteroatoms. The molecule has 0 radical (unpaired) electrons. The predicted molar refractivity (Wildman–Crippen MR) is 112 cm³/mol. The number of benzene rings is 2. The van der Waals surface area contributed by atoms with E-state index in [0.29, 0.717) is 11.9 Å². The topological polar surface area (TPSA) is 83.8 Å². The number of methoxy groups -OCH3 is 1. The third kappa shape index (κ3) is 3.82. The third-order valence-electron chi connectivity index (χ3n) is 5.29. The van der Waals surface area contributed by atoms with Gasteiger partial charge in [0, 0.05) is 50.0 Å². The van der Waals surface area contributed by atoms with E-state index in [2.05, 4.69) is 10.2 Å². The lowest BCUT2D eigenvalue weighted by Gasteiger charge is -2.29. The van der Waals surface area contributed by atoms with Crippen LogP contribution in [-0.2, 0) is 6.54 Å². The highest BCUT2D eigenvalue weighted by molar-refractivity contribution is 5.93. The fourth-order valence-corrected chi connectivity index (χ4v) is 3.71. The average Bonchev–Trinajstić information content (AvgIpc) is 2.76. The van der Waals surface area contributed by atoms with Gasteiger partial charge in [-0.2, -0.15) is 0 Å². The number of ether oxygens (including phenoxy) is 1. The van der Waals surface area contributed by atoms with Crippen LogP contribution in [0.2, 0.25) is 0 Å². The van der Waals surface area contributed by atoms with E-state index in [-0.39, 0.29) is 5.56 Å². The number of carboxylic acid groups (broad SMARTS) is 1. The number of fused-ring (bicyclic) bond motifs is 1. The van der Waals surface area contributed by atoms with Crippen molar-refractivity contribution in [1.29, 1.82) is 0 Å². The minimum absolute atomic E-state index is 0.221. The number of carbonyl (C=O) groups is 1. The van der Waals surface area contributed by atoms with Gasteiger partial charge in [-0.1, -0.05) is 12.1 Å². The van der Waals surface area contributed by atoms with Gasteiger partial charge >= 0.3 is 5.97 Å². The van der Waals surface area contributed by atoms with Crippen molar-refractivity contribution in [1.82, 2.24) is 9.88 Å². The van der Waals surface area contributed by atoms with Crippen LogP contribution in [0.1, 0.15) is 15.9 Å². The Hall–Kier alpha value is -3.32. The van der Waals surface area contributed by atoms with E-state index in [1.165, 1.54) is 6.20 Å². The maximum atomic E-state index is 12.7. The van der Waals surface area contributed by atoms with Crippen molar-refractivity contribution in [2.24, 2.45) is 0 Å². The van der Waals surface area contributed by atoms with Crippen LogP contribution in [0.15, 0.2) is 53.5 Å². The van der Waals surface area contributed by atoms with Crippen LogP contribution in [0.25, 0.3) is 10.9 Å². The molecule has 2 aromatic carbocycles. The molecule has 0 unspecified atom stereocenters. The fourth-order valence-electron chi connectivity index (χ4n) is 3.71. The summed E-state index contributed by atoms with van der Waals surface area (Å²) < 4.78 is 7.04. The van der Waals surface area contributed by atoms with E-state index in [1.807, 2.05) is 41.0 Å². The van der Waals surface area contributed by atoms with Crippen molar-refractivity contribution < 1.29 is 14.6 Å². The molecule has 150 valence electrons. The molecule has 0 spiro atoms. The van der Waals surface area contributed by atoms with Gasteiger partial charge in [-0.05, 0) is 35.9 Å². The summed E-state index contributed by atoms with van der Waals surface area (Å²) in [5, 5.41) is 13.2. The van der Waals surface area contributed by atoms with Gasteiger partial charge < -0.3 is 24.6 Å². The molecular weight excluding hydrogens is 370 g/mol. The van der Waals surface area contributed by atoms with Crippen LogP contribution in [0.4, 0.5) is 5.69 Å². The zero-order valence-electron chi connectivity index (χ0n) is 16.2. The molecule has 1 aromatic heterocycles. The molecule has 0 bridgehead atoms. The molecule has 1 fully saturated rings. The molecule has 2 N–H and O–H groups in total. The molecule has 7 nitrogen and oxygen atoms in total. The Balaban J connectivity index is 1.82. The molecule has 2 heterocycles. The number of rotatable bonds is 5. The summed E-state index contributed by atoms with van der Waals surface area (Å²) >= 11 is 0. The number of nitrogens with zero attached hydrogens (tertiary/aromatic N) is 2. The van der Waals surface area contributed by atoms with Gasteiger partial charge in [0.2, 0.25) is 5.43 Å². The van der Waals surface area contributed by atoms with E-state index in [1.54, 1.807) is 13.2 Å². The highest BCUT2D eigenvalue weighted by atomic mass is 16.5. The van der Waals surface area contributed by atoms with E-state index in [4.69, 9.17) is 4.74 Å². The Morgan fingerprint density at radius 3 is 2.52 bits per heavy atom. The molecular formula is C22H23N3O4. The first kappa shape index (κ1) is 19.0. The largest absolute Gasteiger partial charge is 0.497 e. The fraction of sp³-hybridized carbons (Fsp3) is 0.273. The summed E-state index contributed by atoms with van der Waals surface area (Å²) in [6.45, 7) is 4.05. The summed E-state index contributed by atoms with van der Waals surface area (Å²) in [4.78, 5) is 26.6. The highest BCUT2D eigenvalue weighted by Crippen LogP contribution is 2.23. The quantitative estimate of drug-likeness (QED) is 0.691. The van der Waals surface area contributed by atoms with Crippen LogP contribution >= 0.6 is 0 Å². The molecule has 1 aliphatic rings. The standard InChI is InChI=1S/C22H23N3O4/c1-29-17-5-2-15(3-6-17)13-25-14-19(22(27)28)21(26)18-7-4-16(12-20(18)25)24-10-8-23-9-11-24/h2-7,12,14,23H,8-11,13H2,1H3,(H,27,28). The summed E-state index contributed by atoms with van der Waals surface area (Å²) in [5.41, 5.74) is 2.07. The number of carboxylic acids is 1. The molecule has 29 heavy (non-hydrogen) atoms. The minimum atomic E-state index is -1.22. The molecule has 0 aliphatic carbocycles. The summed E-state index contributed by atoms with van der Waals surface area (Å²) in [5.74, 6) is -0.461. The van der Waals surface area contributed by atoms with Crippen LogP contribution < -0.4 is 20.4 Å². The summed E-state index contributed by atoms with van der Waals surface area (Å²) in [6.07, 6.45) is 1.44. The lowest BCUT2D eigenvalue weighted by atomic mass is 10.1. The summed E-state index contributed by atoms with van der Waals surface area (Å²) in [7, 11) is 1.61. The van der Waals surface area contributed by atoms with Gasteiger partial charge in [0.05, 0.1) is 12.6 Å². The molecule has 1 saturated heterocycles. The molecule has 0 amide bonds. The Bertz CT molecular complexity index is 1100. The SMILES string of the molecule is COc1ccc(Cn2cc(C(=O)O)c(=O)c3ccc(N4CCNCC4)cc32)cc1. The maximum Gasteiger partial charge on any atom is 0.341 e. The second-order valence-electron chi connectivity index (χ2n) is 7.09. The summed E-state index contributed by atoms with van der Waals surface area (Å²) in [6, 6.07) is 13.2. The lowest BCUT2D eigenvalue weighted by molar-refractivity contribution is 0.0695. The van der Waals surface area contributed by atoms with Gasteiger partial charge in [0.1, 0.15) is 11.3 Å². The number of pyridine rings is 1. The normalized spacial score (nSPS) is 14.2. The number of piperazine rings is 1. The molecule has 0 atom stereocenters. The van der Waals surface area contributed by atoms with Crippen LogP contribution in [0.5, 0.6) is 5.75 Å². The second kappa shape index (κ2) is 7.97. The van der Waals surface area contributed by atoms with Gasteiger partial charge in [-0.25, -0.2) is 4.79 Å². The number of hydrogen-bond donors (Lipinski definition) is 2. The van der Waals surface area contributed by atoms with Gasteiger partial charge in [-0.3, -0.25) is 4.79 Å². The first-order chi connectivity index (χ1) is 14.1. The van der Waals surface area contributed by atoms with E-state index >= 15 is 0 Å². The maximum absolute atomic E-state index is 12.7. The number of anilines is 1. The number of hydrogen-bond acceptors (Lipinski definition) is 5. The Morgan fingerprint density at radius 1 is 1.14 bits per heavy atom. The smallest absolute Gasteiger partial charge is 0.341 e. The zero-order valence-corrected chi connectivity index (χ0v) is 16.2. The molecule has 4 rings (SSSR count). The number of aromatic nitrogens is 1. The van der Waals surface area contributed by atoms with Gasteiger partial charge in [0.15, 0.2) is 0 Å². The Labute approximate surface area is 168 Å². The lowest BCUT2D eigenvalue weighted by Crippen LogP contribution is -2.43.